The van der Waals surface area contributed by atoms with Gasteiger partial charge in [-0.25, -0.2) is 9.97 Å². The molecule has 13 heavy (non-hydrogen) atoms. The molecule has 0 bridgehead atoms. The van der Waals surface area contributed by atoms with Gasteiger partial charge < -0.3 is 5.73 Å². The lowest BCUT2D eigenvalue weighted by molar-refractivity contribution is 0.584. The van der Waals surface area contributed by atoms with Crippen molar-refractivity contribution in [3.63, 3.8) is 0 Å². The van der Waals surface area contributed by atoms with Gasteiger partial charge in [0.25, 0.3) is 0 Å². The van der Waals surface area contributed by atoms with E-state index in [4.69, 9.17) is 5.73 Å². The zero-order chi connectivity index (χ0) is 9.68. The molecule has 2 N–H and O–H groups in total. The fourth-order valence-corrected chi connectivity index (χ4v) is 1.23. The van der Waals surface area contributed by atoms with E-state index >= 15 is 0 Å². The Bertz CT molecular complexity index is 243. The highest BCUT2D eigenvalue weighted by atomic mass is 14.9. The summed E-state index contributed by atoms with van der Waals surface area (Å²) in [5, 5.41) is 0. The minimum atomic E-state index is 0.202. The van der Waals surface area contributed by atoms with Crippen LogP contribution in [0.25, 0.3) is 0 Å². The molecule has 0 aliphatic carbocycles. The minimum absolute atomic E-state index is 0.202. The van der Waals surface area contributed by atoms with Gasteiger partial charge in [-0.3, -0.25) is 0 Å². The maximum absolute atomic E-state index is 5.87. The molecule has 72 valence electrons. The summed E-state index contributed by atoms with van der Waals surface area (Å²) in [4.78, 5) is 8.42. The van der Waals surface area contributed by atoms with Crippen molar-refractivity contribution in [3.05, 3.63) is 23.8 Å². The molecule has 0 aliphatic rings. The van der Waals surface area contributed by atoms with Crippen molar-refractivity contribution in [1.29, 1.82) is 0 Å². The lowest BCUT2D eigenvalue weighted by Crippen LogP contribution is -2.23. The molecule has 0 spiro atoms. The quantitative estimate of drug-likeness (QED) is 0.761. The first-order valence-electron chi connectivity index (χ1n) is 4.75. The largest absolute Gasteiger partial charge is 0.327 e. The number of aromatic nitrogens is 2. The lowest BCUT2D eigenvalue weighted by atomic mass is 10.1. The van der Waals surface area contributed by atoms with Crippen LogP contribution in [0.5, 0.6) is 0 Å². The SMILES string of the molecule is CCCC(N)Cc1ncc(C)cn1. The smallest absolute Gasteiger partial charge is 0.129 e. The first-order chi connectivity index (χ1) is 6.22. The van der Waals surface area contributed by atoms with Crippen molar-refractivity contribution in [2.24, 2.45) is 5.73 Å². The predicted octanol–water partition coefficient (Wildman–Crippen LogP) is 1.45. The molecule has 3 heteroatoms. The molecule has 3 nitrogen and oxygen atoms in total. The summed E-state index contributed by atoms with van der Waals surface area (Å²) < 4.78 is 0. The first kappa shape index (κ1) is 10.1. The monoisotopic (exact) mass is 179 g/mol. The molecule has 0 saturated carbocycles. The van der Waals surface area contributed by atoms with Crippen molar-refractivity contribution in [2.45, 2.75) is 39.2 Å². The van der Waals surface area contributed by atoms with Gasteiger partial charge in [-0.2, -0.15) is 0 Å². The van der Waals surface area contributed by atoms with E-state index in [1.54, 1.807) is 0 Å². The van der Waals surface area contributed by atoms with Crippen LogP contribution in [0.1, 0.15) is 31.2 Å². The van der Waals surface area contributed by atoms with Crippen LogP contribution in [0.4, 0.5) is 0 Å². The molecule has 1 unspecified atom stereocenters. The highest BCUT2D eigenvalue weighted by Gasteiger charge is 2.04. The third kappa shape index (κ3) is 3.51. The molecule has 0 aromatic carbocycles. The van der Waals surface area contributed by atoms with E-state index < -0.39 is 0 Å². The number of nitrogens with two attached hydrogens (primary N) is 1. The van der Waals surface area contributed by atoms with Crippen LogP contribution in [0, 0.1) is 6.92 Å². The van der Waals surface area contributed by atoms with Gasteiger partial charge in [0.1, 0.15) is 5.82 Å². The molecule has 1 rings (SSSR count). The van der Waals surface area contributed by atoms with Crippen molar-refractivity contribution < 1.29 is 0 Å². The van der Waals surface area contributed by atoms with Crippen LogP contribution in [0.3, 0.4) is 0 Å². The second kappa shape index (κ2) is 4.92. The normalized spacial score (nSPS) is 12.8. The van der Waals surface area contributed by atoms with Crippen molar-refractivity contribution >= 4 is 0 Å². The van der Waals surface area contributed by atoms with E-state index in [0.717, 1.165) is 30.7 Å². The summed E-state index contributed by atoms with van der Waals surface area (Å²) in [5.41, 5.74) is 6.96. The average molecular weight is 179 g/mol. The standard InChI is InChI=1S/C10H17N3/c1-3-4-9(11)5-10-12-6-8(2)7-13-10/h6-7,9H,3-5,11H2,1-2H3. The second-order valence-corrected chi connectivity index (χ2v) is 3.43. The Morgan fingerprint density at radius 3 is 2.54 bits per heavy atom. The Balaban J connectivity index is 2.49. The number of hydrogen-bond donors (Lipinski definition) is 1. The molecular formula is C10H17N3. The van der Waals surface area contributed by atoms with Crippen molar-refractivity contribution in [2.75, 3.05) is 0 Å². The van der Waals surface area contributed by atoms with Crippen molar-refractivity contribution in [3.8, 4) is 0 Å². The fourth-order valence-electron chi connectivity index (χ4n) is 1.23. The van der Waals surface area contributed by atoms with Crippen LogP contribution in [0.15, 0.2) is 12.4 Å². The Labute approximate surface area is 79.4 Å². The summed E-state index contributed by atoms with van der Waals surface area (Å²) in [6.45, 7) is 4.12. The van der Waals surface area contributed by atoms with Crippen LogP contribution in [-0.4, -0.2) is 16.0 Å². The fraction of sp³-hybridized carbons (Fsp3) is 0.600. The third-order valence-corrected chi connectivity index (χ3v) is 1.94. The topological polar surface area (TPSA) is 51.8 Å². The molecule has 0 aliphatic heterocycles. The third-order valence-electron chi connectivity index (χ3n) is 1.94. The predicted molar refractivity (Wildman–Crippen MR) is 53.4 cm³/mol. The summed E-state index contributed by atoms with van der Waals surface area (Å²) in [5.74, 6) is 0.853. The zero-order valence-electron chi connectivity index (χ0n) is 8.33. The lowest BCUT2D eigenvalue weighted by Gasteiger charge is -2.08. The summed E-state index contributed by atoms with van der Waals surface area (Å²) >= 11 is 0. The van der Waals surface area contributed by atoms with Gasteiger partial charge in [-0.1, -0.05) is 13.3 Å². The van der Waals surface area contributed by atoms with Crippen LogP contribution in [0.2, 0.25) is 0 Å². The van der Waals surface area contributed by atoms with Gasteiger partial charge in [0.15, 0.2) is 0 Å². The van der Waals surface area contributed by atoms with E-state index in [-0.39, 0.29) is 6.04 Å². The van der Waals surface area contributed by atoms with Gasteiger partial charge >= 0.3 is 0 Å². The second-order valence-electron chi connectivity index (χ2n) is 3.43. The van der Waals surface area contributed by atoms with Crippen LogP contribution in [-0.2, 0) is 6.42 Å². The average Bonchev–Trinajstić information content (AvgIpc) is 2.09. The Morgan fingerprint density at radius 2 is 2.00 bits per heavy atom. The molecule has 1 heterocycles. The molecule has 0 amide bonds. The highest BCUT2D eigenvalue weighted by molar-refractivity contribution is 5.02. The minimum Gasteiger partial charge on any atom is -0.327 e. The number of aryl methyl sites for hydroxylation is 1. The number of rotatable bonds is 4. The van der Waals surface area contributed by atoms with Crippen molar-refractivity contribution in [1.82, 2.24) is 9.97 Å². The molecular weight excluding hydrogens is 162 g/mol. The maximum Gasteiger partial charge on any atom is 0.129 e. The first-order valence-corrected chi connectivity index (χ1v) is 4.75. The van der Waals surface area contributed by atoms with Gasteiger partial charge in [-0.05, 0) is 18.9 Å². The maximum atomic E-state index is 5.87. The molecule has 0 radical (unpaired) electrons. The molecule has 1 atom stereocenters. The molecule has 0 saturated heterocycles. The number of nitrogens with zero attached hydrogens (tertiary/aromatic N) is 2. The van der Waals surface area contributed by atoms with Gasteiger partial charge in [-0.15, -0.1) is 0 Å². The molecule has 1 aromatic rings. The zero-order valence-corrected chi connectivity index (χ0v) is 8.33. The Hall–Kier alpha value is -0.960. The van der Waals surface area contributed by atoms with E-state index in [1.807, 2.05) is 19.3 Å². The molecule has 1 aromatic heterocycles. The van der Waals surface area contributed by atoms with Crippen LogP contribution >= 0.6 is 0 Å². The van der Waals surface area contributed by atoms with Crippen LogP contribution < -0.4 is 5.73 Å². The molecule has 0 fully saturated rings. The summed E-state index contributed by atoms with van der Waals surface area (Å²) in [6.07, 6.45) is 6.61. The summed E-state index contributed by atoms with van der Waals surface area (Å²) in [7, 11) is 0. The van der Waals surface area contributed by atoms with E-state index in [1.165, 1.54) is 0 Å². The van der Waals surface area contributed by atoms with Gasteiger partial charge in [0.05, 0.1) is 0 Å². The van der Waals surface area contributed by atoms with E-state index in [9.17, 15) is 0 Å². The van der Waals surface area contributed by atoms with E-state index in [0.29, 0.717) is 0 Å². The highest BCUT2D eigenvalue weighted by Crippen LogP contribution is 2.01. The van der Waals surface area contributed by atoms with Gasteiger partial charge in [0, 0.05) is 24.9 Å². The number of hydrogen-bond acceptors (Lipinski definition) is 3. The van der Waals surface area contributed by atoms with E-state index in [2.05, 4.69) is 16.9 Å². The van der Waals surface area contributed by atoms with Gasteiger partial charge in [0.2, 0.25) is 0 Å². The Kier molecular flexibility index (Phi) is 3.83. The summed E-state index contributed by atoms with van der Waals surface area (Å²) in [6, 6.07) is 0.202. The Morgan fingerprint density at radius 1 is 1.38 bits per heavy atom.